The van der Waals surface area contributed by atoms with E-state index < -0.39 is 5.72 Å². The molecule has 2 aliphatic heterocycles. The van der Waals surface area contributed by atoms with Crippen LogP contribution in [0.1, 0.15) is 51.9 Å². The molecule has 1 saturated carbocycles. The summed E-state index contributed by atoms with van der Waals surface area (Å²) in [5.74, 6) is -0.366. The molecular formula is C19H36Cl2N4O4. The van der Waals surface area contributed by atoms with Crippen molar-refractivity contribution in [3.8, 4) is 0 Å². The normalized spacial score (nSPS) is 23.3. The largest absolute Gasteiger partial charge is 0.439 e. The Hall–Kier alpha value is -0.640. The van der Waals surface area contributed by atoms with Crippen LogP contribution >= 0.6 is 24.8 Å². The van der Waals surface area contributed by atoms with Gasteiger partial charge in [0.2, 0.25) is 6.41 Å². The van der Waals surface area contributed by atoms with Crippen LogP contribution in [0.5, 0.6) is 0 Å². The van der Waals surface area contributed by atoms with E-state index in [1.807, 2.05) is 0 Å². The lowest BCUT2D eigenvalue weighted by atomic mass is 9.91. The van der Waals surface area contributed by atoms with E-state index in [0.717, 1.165) is 77.8 Å². The molecule has 0 aromatic heterocycles. The number of carbonyl (C=O) groups is 2. The molecule has 3 fully saturated rings. The van der Waals surface area contributed by atoms with Gasteiger partial charge < -0.3 is 14.8 Å². The molecule has 1 aliphatic carbocycles. The molecule has 0 atom stereocenters. The van der Waals surface area contributed by atoms with E-state index in [2.05, 4.69) is 15.2 Å². The van der Waals surface area contributed by atoms with Gasteiger partial charge in [-0.2, -0.15) is 0 Å². The van der Waals surface area contributed by atoms with Crippen molar-refractivity contribution < 1.29 is 19.1 Å². The fourth-order valence-corrected chi connectivity index (χ4v) is 4.65. The van der Waals surface area contributed by atoms with Gasteiger partial charge in [0.15, 0.2) is 12.5 Å². The maximum absolute atomic E-state index is 12.1. The Labute approximate surface area is 186 Å². The summed E-state index contributed by atoms with van der Waals surface area (Å²) in [6.07, 6.45) is 8.04. The molecule has 0 aromatic carbocycles. The third-order valence-corrected chi connectivity index (χ3v) is 6.16. The van der Waals surface area contributed by atoms with E-state index in [4.69, 9.17) is 9.47 Å². The number of esters is 1. The van der Waals surface area contributed by atoms with Crippen LogP contribution in [-0.4, -0.2) is 85.1 Å². The first-order valence-electron chi connectivity index (χ1n) is 10.4. The van der Waals surface area contributed by atoms with Crippen molar-refractivity contribution in [3.05, 3.63) is 0 Å². The number of rotatable bonds is 7. The fourth-order valence-electron chi connectivity index (χ4n) is 4.65. The molecule has 8 nitrogen and oxygen atoms in total. The summed E-state index contributed by atoms with van der Waals surface area (Å²) in [7, 11) is 0. The molecule has 3 rings (SSSR count). The van der Waals surface area contributed by atoms with Gasteiger partial charge in [-0.3, -0.25) is 14.5 Å². The molecule has 10 heteroatoms. The summed E-state index contributed by atoms with van der Waals surface area (Å²) in [4.78, 5) is 25.7. The number of hydrogen-bond acceptors (Lipinski definition) is 7. The second-order valence-corrected chi connectivity index (χ2v) is 7.83. The molecule has 0 bridgehead atoms. The molecule has 2 saturated heterocycles. The van der Waals surface area contributed by atoms with Crippen LogP contribution in [0.2, 0.25) is 0 Å². The van der Waals surface area contributed by atoms with Crippen molar-refractivity contribution in [1.82, 2.24) is 20.2 Å². The number of amides is 1. The maximum Gasteiger partial charge on any atom is 0.304 e. The Kier molecular flexibility index (Phi) is 11.8. The molecule has 0 radical (unpaired) electrons. The number of carbonyl (C=O) groups excluding carboxylic acids is 2. The van der Waals surface area contributed by atoms with Crippen LogP contribution in [0.25, 0.3) is 0 Å². The fraction of sp³-hybridized carbons (Fsp3) is 0.895. The minimum Gasteiger partial charge on any atom is -0.439 e. The highest BCUT2D eigenvalue weighted by molar-refractivity contribution is 5.85. The molecule has 2 heterocycles. The van der Waals surface area contributed by atoms with Gasteiger partial charge >= 0.3 is 5.97 Å². The topological polar surface area (TPSA) is 74.4 Å². The predicted octanol–water partition coefficient (Wildman–Crippen LogP) is 1.77. The summed E-state index contributed by atoms with van der Waals surface area (Å²) in [6.45, 7) is 7.03. The number of nitrogens with one attached hydrogen (secondary N) is 1. The van der Waals surface area contributed by atoms with Gasteiger partial charge in [0.05, 0.1) is 0 Å². The molecule has 1 N–H and O–H groups in total. The average Bonchev–Trinajstić information content (AvgIpc) is 2.70. The quantitative estimate of drug-likeness (QED) is 0.356. The lowest BCUT2D eigenvalue weighted by Gasteiger charge is -2.51. The Morgan fingerprint density at radius 2 is 1.72 bits per heavy atom. The summed E-state index contributed by atoms with van der Waals surface area (Å²) in [5, 5.41) is 7.31. The molecule has 0 spiro atoms. The highest BCUT2D eigenvalue weighted by Gasteiger charge is 2.43. The molecule has 29 heavy (non-hydrogen) atoms. The molecule has 3 aliphatic rings. The van der Waals surface area contributed by atoms with E-state index in [0.29, 0.717) is 6.04 Å². The molecular weight excluding hydrogens is 419 g/mol. The lowest BCUT2D eigenvalue weighted by molar-refractivity contribution is -0.265. The van der Waals surface area contributed by atoms with Gasteiger partial charge in [-0.15, -0.1) is 24.8 Å². The monoisotopic (exact) mass is 454 g/mol. The summed E-state index contributed by atoms with van der Waals surface area (Å²) in [5.41, 5.74) is -0.688. The Bertz CT molecular complexity index is 495. The predicted molar refractivity (Wildman–Crippen MR) is 115 cm³/mol. The van der Waals surface area contributed by atoms with Gasteiger partial charge in [-0.1, -0.05) is 6.42 Å². The van der Waals surface area contributed by atoms with Gasteiger partial charge in [0, 0.05) is 39.1 Å². The van der Waals surface area contributed by atoms with Crippen molar-refractivity contribution in [2.75, 3.05) is 46.1 Å². The summed E-state index contributed by atoms with van der Waals surface area (Å²) < 4.78 is 11.0. The van der Waals surface area contributed by atoms with Crippen molar-refractivity contribution in [1.29, 1.82) is 0 Å². The molecule has 0 aromatic rings. The van der Waals surface area contributed by atoms with Crippen molar-refractivity contribution in [2.24, 2.45) is 0 Å². The third-order valence-electron chi connectivity index (χ3n) is 6.16. The lowest BCUT2D eigenvalue weighted by Crippen LogP contribution is -2.64. The first-order chi connectivity index (χ1) is 13.1. The van der Waals surface area contributed by atoms with E-state index in [9.17, 15) is 9.59 Å². The average molecular weight is 455 g/mol. The highest BCUT2D eigenvalue weighted by atomic mass is 35.5. The Morgan fingerprint density at radius 1 is 1.10 bits per heavy atom. The van der Waals surface area contributed by atoms with Crippen LogP contribution in [0.15, 0.2) is 0 Å². The van der Waals surface area contributed by atoms with E-state index in [-0.39, 0.29) is 37.6 Å². The number of hydrazine groups is 1. The zero-order valence-electron chi connectivity index (χ0n) is 17.3. The van der Waals surface area contributed by atoms with Crippen LogP contribution in [0.3, 0.4) is 0 Å². The molecule has 170 valence electrons. The van der Waals surface area contributed by atoms with Crippen molar-refractivity contribution >= 4 is 37.2 Å². The van der Waals surface area contributed by atoms with Gasteiger partial charge in [0.1, 0.15) is 0 Å². The minimum atomic E-state index is -0.688. The summed E-state index contributed by atoms with van der Waals surface area (Å²) in [6, 6.07) is 0.655. The van der Waals surface area contributed by atoms with Crippen LogP contribution < -0.4 is 5.32 Å². The van der Waals surface area contributed by atoms with Crippen molar-refractivity contribution in [2.45, 2.75) is 63.6 Å². The Morgan fingerprint density at radius 3 is 2.28 bits per heavy atom. The number of nitrogens with zero attached hydrogens (tertiary/aromatic N) is 3. The van der Waals surface area contributed by atoms with Gasteiger partial charge in [0.25, 0.3) is 0 Å². The van der Waals surface area contributed by atoms with Crippen LogP contribution in [0.4, 0.5) is 0 Å². The standard InChI is InChI=1S/C19H34N4O4.2ClH/c1-17(25)26-16-27-19(7-3-2-4-8-19)23(15-24)22-13-11-21(12-14-22)18-5-9-20-10-6-18;;/h15,18,20H,2-14,16H2,1H3;2*1H. The van der Waals surface area contributed by atoms with Gasteiger partial charge in [-0.05, 0) is 51.6 Å². The second-order valence-electron chi connectivity index (χ2n) is 7.83. The zero-order chi connectivity index (χ0) is 19.1. The van der Waals surface area contributed by atoms with Crippen molar-refractivity contribution in [3.63, 3.8) is 0 Å². The summed E-state index contributed by atoms with van der Waals surface area (Å²) >= 11 is 0. The SMILES string of the molecule is CC(=O)OCOC1(N(C=O)N2CCN(C3CCNCC3)CC2)CCCCC1.Cl.Cl. The van der Waals surface area contributed by atoms with E-state index in [1.54, 1.807) is 5.01 Å². The highest BCUT2D eigenvalue weighted by Crippen LogP contribution is 2.35. The number of piperazine rings is 1. The zero-order valence-corrected chi connectivity index (χ0v) is 19.0. The maximum atomic E-state index is 12.1. The Balaban J connectivity index is 0.00000210. The third kappa shape index (κ3) is 6.94. The second kappa shape index (κ2) is 12.9. The molecule has 0 unspecified atom stereocenters. The molecule has 1 amide bonds. The first-order valence-corrected chi connectivity index (χ1v) is 10.4. The number of halogens is 2. The van der Waals surface area contributed by atoms with Crippen LogP contribution in [0, 0.1) is 0 Å². The number of ether oxygens (including phenoxy) is 2. The van der Waals surface area contributed by atoms with E-state index >= 15 is 0 Å². The number of piperidine rings is 1. The van der Waals surface area contributed by atoms with Crippen LogP contribution in [-0.2, 0) is 19.1 Å². The minimum absolute atomic E-state index is 0. The smallest absolute Gasteiger partial charge is 0.304 e. The van der Waals surface area contributed by atoms with E-state index in [1.165, 1.54) is 19.8 Å². The first kappa shape index (κ1) is 26.4. The number of hydrogen-bond donors (Lipinski definition) is 1. The van der Waals surface area contributed by atoms with Gasteiger partial charge in [-0.25, -0.2) is 10.0 Å².